The summed E-state index contributed by atoms with van der Waals surface area (Å²) in [6.45, 7) is 8.17. The summed E-state index contributed by atoms with van der Waals surface area (Å²) in [7, 11) is 0. The van der Waals surface area contributed by atoms with E-state index in [1.54, 1.807) is 0 Å². The molecule has 0 spiro atoms. The van der Waals surface area contributed by atoms with Crippen LogP contribution in [0.5, 0.6) is 0 Å². The van der Waals surface area contributed by atoms with Crippen molar-refractivity contribution in [2.45, 2.75) is 45.6 Å². The number of nitrogens with one attached hydrogen (secondary N) is 2. The van der Waals surface area contributed by atoms with E-state index in [0.717, 1.165) is 17.7 Å². The standard InChI is InChI=1S/C16H23N3O/c1-5-12(2)18-10-15(20)19-14-8-6-13(7-9-14)16(3,4)11-17/h6-9,12,18H,5,10H2,1-4H3,(H,19,20). The van der Waals surface area contributed by atoms with Gasteiger partial charge in [0.1, 0.15) is 0 Å². The maximum Gasteiger partial charge on any atom is 0.238 e. The quantitative estimate of drug-likeness (QED) is 0.837. The van der Waals surface area contributed by atoms with Crippen LogP contribution in [0.1, 0.15) is 39.7 Å². The van der Waals surface area contributed by atoms with Crippen LogP contribution in [0.3, 0.4) is 0 Å². The predicted octanol–water partition coefficient (Wildman–Crippen LogP) is 2.81. The van der Waals surface area contributed by atoms with E-state index in [2.05, 4.69) is 23.6 Å². The molecule has 4 heteroatoms. The summed E-state index contributed by atoms with van der Waals surface area (Å²) >= 11 is 0. The van der Waals surface area contributed by atoms with Crippen LogP contribution in [0, 0.1) is 11.3 Å². The van der Waals surface area contributed by atoms with E-state index in [0.29, 0.717) is 12.6 Å². The van der Waals surface area contributed by atoms with Gasteiger partial charge in [-0.15, -0.1) is 0 Å². The predicted molar refractivity (Wildman–Crippen MR) is 81.5 cm³/mol. The molecule has 20 heavy (non-hydrogen) atoms. The van der Waals surface area contributed by atoms with Crippen molar-refractivity contribution < 1.29 is 4.79 Å². The van der Waals surface area contributed by atoms with Crippen LogP contribution in [-0.2, 0) is 10.2 Å². The Morgan fingerprint density at radius 2 is 1.95 bits per heavy atom. The SMILES string of the molecule is CCC(C)NCC(=O)Nc1ccc(C(C)(C)C#N)cc1. The first-order chi connectivity index (χ1) is 9.39. The first kappa shape index (κ1) is 16.2. The number of hydrogen-bond donors (Lipinski definition) is 2. The minimum atomic E-state index is -0.513. The fourth-order valence-electron chi connectivity index (χ4n) is 1.65. The average Bonchev–Trinajstić information content (AvgIpc) is 2.45. The molecule has 2 N–H and O–H groups in total. The third-order valence-corrected chi connectivity index (χ3v) is 3.39. The van der Waals surface area contributed by atoms with Crippen LogP contribution >= 0.6 is 0 Å². The molecule has 1 aromatic rings. The lowest BCUT2D eigenvalue weighted by atomic mass is 9.86. The number of hydrogen-bond acceptors (Lipinski definition) is 3. The van der Waals surface area contributed by atoms with Crippen LogP contribution in [0.15, 0.2) is 24.3 Å². The minimum absolute atomic E-state index is 0.0578. The van der Waals surface area contributed by atoms with Crippen molar-refractivity contribution in [1.82, 2.24) is 5.32 Å². The van der Waals surface area contributed by atoms with E-state index in [1.165, 1.54) is 0 Å². The number of carbonyl (C=O) groups excluding carboxylic acids is 1. The molecule has 0 bridgehead atoms. The van der Waals surface area contributed by atoms with Gasteiger partial charge < -0.3 is 10.6 Å². The van der Waals surface area contributed by atoms with Crippen LogP contribution in [0.4, 0.5) is 5.69 Å². The molecule has 0 aliphatic carbocycles. The Kier molecular flexibility index (Phi) is 5.72. The topological polar surface area (TPSA) is 64.9 Å². The van der Waals surface area contributed by atoms with Gasteiger partial charge in [0.25, 0.3) is 0 Å². The Morgan fingerprint density at radius 3 is 2.45 bits per heavy atom. The van der Waals surface area contributed by atoms with Crippen molar-refractivity contribution in [3.05, 3.63) is 29.8 Å². The monoisotopic (exact) mass is 273 g/mol. The van der Waals surface area contributed by atoms with E-state index in [9.17, 15) is 4.79 Å². The molecule has 0 fully saturated rings. The summed E-state index contributed by atoms with van der Waals surface area (Å²) in [5, 5.41) is 15.1. The van der Waals surface area contributed by atoms with Gasteiger partial charge in [0.15, 0.2) is 0 Å². The molecule has 0 heterocycles. The maximum atomic E-state index is 11.7. The largest absolute Gasteiger partial charge is 0.325 e. The summed E-state index contributed by atoms with van der Waals surface area (Å²) in [5.74, 6) is -0.0578. The van der Waals surface area contributed by atoms with Crippen molar-refractivity contribution in [3.8, 4) is 6.07 Å². The molecule has 0 saturated carbocycles. The minimum Gasteiger partial charge on any atom is -0.325 e. The van der Waals surface area contributed by atoms with Crippen molar-refractivity contribution in [2.24, 2.45) is 0 Å². The zero-order valence-electron chi connectivity index (χ0n) is 12.7. The Hall–Kier alpha value is -1.86. The second kappa shape index (κ2) is 7.06. The van der Waals surface area contributed by atoms with Gasteiger partial charge in [0.05, 0.1) is 18.0 Å². The lowest BCUT2D eigenvalue weighted by molar-refractivity contribution is -0.115. The van der Waals surface area contributed by atoms with Crippen LogP contribution in [-0.4, -0.2) is 18.5 Å². The average molecular weight is 273 g/mol. The number of rotatable bonds is 6. The molecule has 1 rings (SSSR count). The summed E-state index contributed by atoms with van der Waals surface area (Å²) in [6.07, 6.45) is 0.991. The van der Waals surface area contributed by atoms with Gasteiger partial charge in [-0.25, -0.2) is 0 Å². The van der Waals surface area contributed by atoms with Crippen molar-refractivity contribution in [2.75, 3.05) is 11.9 Å². The van der Waals surface area contributed by atoms with Gasteiger partial charge in [-0.3, -0.25) is 4.79 Å². The molecule has 0 aromatic heterocycles. The molecular weight excluding hydrogens is 250 g/mol. The number of amides is 1. The zero-order chi connectivity index (χ0) is 15.2. The number of nitrogens with zero attached hydrogens (tertiary/aromatic N) is 1. The highest BCUT2D eigenvalue weighted by atomic mass is 16.1. The maximum absolute atomic E-state index is 11.7. The highest BCUT2D eigenvalue weighted by Gasteiger charge is 2.19. The van der Waals surface area contributed by atoms with Gasteiger partial charge in [-0.05, 0) is 44.9 Å². The summed E-state index contributed by atoms with van der Waals surface area (Å²) in [6, 6.07) is 10.0. The molecular formula is C16H23N3O. The number of benzene rings is 1. The Bertz CT molecular complexity index is 485. The van der Waals surface area contributed by atoms with Crippen molar-refractivity contribution >= 4 is 11.6 Å². The number of carbonyl (C=O) groups is 1. The van der Waals surface area contributed by atoms with E-state index >= 15 is 0 Å². The first-order valence-electron chi connectivity index (χ1n) is 6.94. The van der Waals surface area contributed by atoms with Gasteiger partial charge in [-0.2, -0.15) is 5.26 Å². The van der Waals surface area contributed by atoms with Crippen LogP contribution < -0.4 is 10.6 Å². The fourth-order valence-corrected chi connectivity index (χ4v) is 1.65. The Morgan fingerprint density at radius 1 is 1.35 bits per heavy atom. The molecule has 1 unspecified atom stereocenters. The molecule has 0 aliphatic rings. The van der Waals surface area contributed by atoms with Crippen molar-refractivity contribution in [1.29, 1.82) is 5.26 Å². The second-order valence-corrected chi connectivity index (χ2v) is 5.55. The normalized spacial score (nSPS) is 12.6. The molecule has 0 aliphatic heterocycles. The summed E-state index contributed by atoms with van der Waals surface area (Å²) in [5.41, 5.74) is 1.18. The highest BCUT2D eigenvalue weighted by molar-refractivity contribution is 5.92. The van der Waals surface area contributed by atoms with Gasteiger partial charge in [0.2, 0.25) is 5.91 Å². The Balaban J connectivity index is 2.58. The van der Waals surface area contributed by atoms with E-state index < -0.39 is 5.41 Å². The summed E-state index contributed by atoms with van der Waals surface area (Å²) < 4.78 is 0. The third-order valence-electron chi connectivity index (χ3n) is 3.39. The molecule has 1 aromatic carbocycles. The van der Waals surface area contributed by atoms with Gasteiger partial charge in [0, 0.05) is 11.7 Å². The molecule has 4 nitrogen and oxygen atoms in total. The zero-order valence-corrected chi connectivity index (χ0v) is 12.7. The Labute approximate surface area is 121 Å². The molecule has 1 amide bonds. The number of nitriles is 1. The molecule has 1 atom stereocenters. The lowest BCUT2D eigenvalue weighted by Gasteiger charge is -2.16. The van der Waals surface area contributed by atoms with Gasteiger partial charge in [-0.1, -0.05) is 19.1 Å². The lowest BCUT2D eigenvalue weighted by Crippen LogP contribution is -2.33. The fraction of sp³-hybridized carbons (Fsp3) is 0.500. The first-order valence-corrected chi connectivity index (χ1v) is 6.94. The van der Waals surface area contributed by atoms with Crippen molar-refractivity contribution in [3.63, 3.8) is 0 Å². The van der Waals surface area contributed by atoms with E-state index in [1.807, 2.05) is 45.0 Å². The number of anilines is 1. The van der Waals surface area contributed by atoms with Crippen LogP contribution in [0.2, 0.25) is 0 Å². The molecule has 0 radical (unpaired) electrons. The molecule has 0 saturated heterocycles. The smallest absolute Gasteiger partial charge is 0.238 e. The van der Waals surface area contributed by atoms with E-state index in [4.69, 9.17) is 5.26 Å². The second-order valence-electron chi connectivity index (χ2n) is 5.55. The molecule has 108 valence electrons. The van der Waals surface area contributed by atoms with Crippen LogP contribution in [0.25, 0.3) is 0 Å². The third kappa shape index (κ3) is 4.67. The van der Waals surface area contributed by atoms with Gasteiger partial charge >= 0.3 is 0 Å². The summed E-state index contributed by atoms with van der Waals surface area (Å²) in [4.78, 5) is 11.7. The highest BCUT2D eigenvalue weighted by Crippen LogP contribution is 2.23. The van der Waals surface area contributed by atoms with E-state index in [-0.39, 0.29) is 5.91 Å².